The molecule has 8 rings (SSSR count). The van der Waals surface area contributed by atoms with Crippen molar-refractivity contribution >= 4 is 28.5 Å². The summed E-state index contributed by atoms with van der Waals surface area (Å²) in [6.07, 6.45) is 4.09. The third-order valence-electron chi connectivity index (χ3n) is 11.1. The van der Waals surface area contributed by atoms with Crippen molar-refractivity contribution < 1.29 is 72.9 Å². The first-order valence-corrected chi connectivity index (χ1v) is 23.4. The molecule has 3 N–H and O–H groups in total. The van der Waals surface area contributed by atoms with Crippen LogP contribution >= 0.6 is 15.9 Å². The number of hydrogen-bond donors (Lipinski definition) is 3. The molecule has 8 aromatic carbocycles. The fourth-order valence-corrected chi connectivity index (χ4v) is 7.78. The van der Waals surface area contributed by atoms with Crippen LogP contribution in [0.1, 0.15) is 48.9 Å². The van der Waals surface area contributed by atoms with Gasteiger partial charge in [-0.3, -0.25) is 0 Å². The van der Waals surface area contributed by atoms with Gasteiger partial charge in [-0.15, -0.1) is 0 Å². The fourth-order valence-electron chi connectivity index (χ4n) is 7.37. The van der Waals surface area contributed by atoms with Crippen LogP contribution in [0.3, 0.4) is 0 Å². The summed E-state index contributed by atoms with van der Waals surface area (Å²) in [5.74, 6) is -14.9. The number of rotatable bonds is 14. The van der Waals surface area contributed by atoms with Crippen LogP contribution in [0, 0.1) is 64.0 Å². The van der Waals surface area contributed by atoms with Gasteiger partial charge in [0, 0.05) is 15.5 Å². The molecule has 74 heavy (non-hydrogen) atoms. The number of ether oxygens (including phenoxy) is 2. The summed E-state index contributed by atoms with van der Waals surface area (Å²) in [4.78, 5) is 0. The highest BCUT2D eigenvalue weighted by molar-refractivity contribution is 9.10. The zero-order chi connectivity index (χ0) is 53.8. The van der Waals surface area contributed by atoms with Gasteiger partial charge in [0.15, 0.2) is 69.6 Å². The Morgan fingerprint density at radius 3 is 1.19 bits per heavy atom. The Kier molecular flexibility index (Phi) is 19.5. The molecule has 0 aromatic heterocycles. The Balaban J connectivity index is 0.000000195. The Labute approximate surface area is 427 Å². The van der Waals surface area contributed by atoms with Crippen LogP contribution < -0.4 is 14.9 Å². The van der Waals surface area contributed by atoms with Gasteiger partial charge in [0.1, 0.15) is 24.8 Å². The average molecular weight is 1100 g/mol. The van der Waals surface area contributed by atoms with Crippen molar-refractivity contribution in [2.24, 2.45) is 0 Å². The number of phenolic OH excluding ortho intramolecular Hbond substituents is 1. The first kappa shape index (κ1) is 56.2. The third-order valence-corrected chi connectivity index (χ3v) is 11.5. The number of hydrogen-bond acceptors (Lipinski definition) is 5. The second-order valence-electron chi connectivity index (χ2n) is 16.5. The van der Waals surface area contributed by atoms with Gasteiger partial charge in [0.05, 0.1) is 0 Å². The highest BCUT2D eigenvalue weighted by atomic mass is 79.9. The van der Waals surface area contributed by atoms with Crippen LogP contribution in [0.2, 0.25) is 0 Å². The highest BCUT2D eigenvalue weighted by Crippen LogP contribution is 2.34. The summed E-state index contributed by atoms with van der Waals surface area (Å²) in [5, 5.41) is 26.9. The molecule has 0 saturated heterocycles. The molecule has 0 bridgehead atoms. The topological polar surface area (TPSA) is 79.2 Å². The molecule has 5 nitrogen and oxygen atoms in total. The van der Waals surface area contributed by atoms with E-state index in [1.165, 1.54) is 35.4 Å². The van der Waals surface area contributed by atoms with E-state index in [0.29, 0.717) is 17.7 Å². The molecule has 384 valence electrons. The van der Waals surface area contributed by atoms with E-state index in [1.54, 1.807) is 12.1 Å². The molecule has 0 amide bonds. The van der Waals surface area contributed by atoms with E-state index in [2.05, 4.69) is 29.8 Å². The van der Waals surface area contributed by atoms with E-state index in [4.69, 9.17) is 24.6 Å². The van der Waals surface area contributed by atoms with Crippen LogP contribution in [0.25, 0.3) is 33.4 Å². The van der Waals surface area contributed by atoms with Gasteiger partial charge < -0.3 is 24.6 Å². The van der Waals surface area contributed by atoms with Crippen LogP contribution in [0.15, 0.2) is 138 Å². The van der Waals surface area contributed by atoms with Crippen LogP contribution in [-0.2, 0) is 26.1 Å². The molecule has 18 heteroatoms. The predicted molar refractivity (Wildman–Crippen MR) is 264 cm³/mol. The lowest BCUT2D eigenvalue weighted by Crippen LogP contribution is -2.32. The van der Waals surface area contributed by atoms with Crippen molar-refractivity contribution in [2.75, 3.05) is 0 Å². The van der Waals surface area contributed by atoms with Gasteiger partial charge in [0.2, 0.25) is 0 Å². The lowest BCUT2D eigenvalue weighted by molar-refractivity contribution is 0.272. The molecular formula is C56H43BBrF11O5. The van der Waals surface area contributed by atoms with Crippen LogP contribution in [0.5, 0.6) is 17.2 Å². The fraction of sp³-hybridized carbons (Fsp3) is 0.143. The summed E-state index contributed by atoms with van der Waals surface area (Å²) < 4.78 is 161. The number of halogens is 12. The van der Waals surface area contributed by atoms with Crippen molar-refractivity contribution in [3.05, 3.63) is 224 Å². The van der Waals surface area contributed by atoms with E-state index in [9.17, 15) is 48.3 Å². The Morgan fingerprint density at radius 1 is 0.405 bits per heavy atom. The summed E-state index contributed by atoms with van der Waals surface area (Å²) in [5.41, 5.74) is 5.17. The molecule has 0 heterocycles. The molecule has 0 radical (unpaired) electrons. The molecule has 8 aromatic rings. The van der Waals surface area contributed by atoms with Gasteiger partial charge >= 0.3 is 7.12 Å². The van der Waals surface area contributed by atoms with Crippen molar-refractivity contribution in [3.63, 3.8) is 0 Å². The monoisotopic (exact) mass is 1090 g/mol. The molecular weight excluding hydrogens is 1050 g/mol. The second-order valence-corrected chi connectivity index (χ2v) is 17.4. The summed E-state index contributed by atoms with van der Waals surface area (Å²) >= 11 is 2.91. The van der Waals surface area contributed by atoms with Gasteiger partial charge in [-0.1, -0.05) is 115 Å². The second kappa shape index (κ2) is 25.7. The number of benzene rings is 8. The molecule has 0 unspecified atom stereocenters. The summed E-state index contributed by atoms with van der Waals surface area (Å²) in [6, 6.07) is 31.3. The van der Waals surface area contributed by atoms with E-state index < -0.39 is 102 Å². The highest BCUT2D eigenvalue weighted by Gasteiger charge is 2.20. The van der Waals surface area contributed by atoms with Gasteiger partial charge in [-0.2, -0.15) is 0 Å². The lowest BCUT2D eigenvalue weighted by Gasteiger charge is -2.12. The number of aromatic hydroxyl groups is 1. The minimum atomic E-state index is -1.78. The zero-order valence-corrected chi connectivity index (χ0v) is 40.8. The maximum absolute atomic E-state index is 14.9. The van der Waals surface area contributed by atoms with Gasteiger partial charge in [-0.05, 0) is 124 Å². The predicted octanol–water partition coefficient (Wildman–Crippen LogP) is 14.8. The maximum Gasteiger partial charge on any atom is 0.491 e. The Morgan fingerprint density at radius 2 is 0.784 bits per heavy atom. The van der Waals surface area contributed by atoms with E-state index in [0.717, 1.165) is 78.8 Å². The molecule has 0 aliphatic rings. The zero-order valence-electron chi connectivity index (χ0n) is 39.2. The minimum absolute atomic E-state index is 0.0108. The summed E-state index contributed by atoms with van der Waals surface area (Å²) in [7, 11) is -1.78. The quantitative estimate of drug-likeness (QED) is 0.0574. The Hall–Kier alpha value is -7.15. The first-order valence-electron chi connectivity index (χ1n) is 22.6. The number of phenols is 1. The van der Waals surface area contributed by atoms with Crippen LogP contribution in [-0.4, -0.2) is 22.3 Å². The molecule has 0 fully saturated rings. The maximum atomic E-state index is 14.9. The van der Waals surface area contributed by atoms with E-state index in [-0.39, 0.29) is 32.2 Å². The van der Waals surface area contributed by atoms with Gasteiger partial charge in [0.25, 0.3) is 0 Å². The van der Waals surface area contributed by atoms with Gasteiger partial charge in [-0.25, -0.2) is 48.3 Å². The Bertz CT molecular complexity index is 3140. The van der Waals surface area contributed by atoms with Crippen molar-refractivity contribution in [2.45, 2.75) is 52.7 Å². The largest absolute Gasteiger partial charge is 0.503 e. The lowest BCUT2D eigenvalue weighted by atomic mass is 9.79. The number of aryl methyl sites for hydroxylation is 2. The first-order chi connectivity index (χ1) is 35.3. The third kappa shape index (κ3) is 14.5. The molecule has 0 spiro atoms. The normalized spacial score (nSPS) is 10.8. The van der Waals surface area contributed by atoms with E-state index >= 15 is 0 Å². The van der Waals surface area contributed by atoms with Crippen molar-refractivity contribution in [1.82, 2.24) is 0 Å². The molecule has 0 aliphatic heterocycles. The standard InChI is InChI=1S/C28H20F6O.C15H16BFO2.C13H7BrF4O2/c1-2-3-16-4-6-18(7-5-16)19-8-9-21(22(29)12-19)20-13-25(32)28(26(33)14-20)35-15-17-10-23(30)27(34)24(31)11-17;1-2-3-11-4-6-12(7-5-11)13-8-9-14(16(18)19)15(17)10-13;14-7-3-10(17)13(11(18)4-7)20-5-6-1-8(15)12(19)9(16)2-6/h4-14H,2-3,15H2,1H3;4-10,18-19H,2-3H2,1H3;1-4,19H,5H2. The minimum Gasteiger partial charge on any atom is -0.503 e. The molecule has 0 aliphatic carbocycles. The SMILES string of the molecule is CCCc1ccc(-c2ccc(-c3cc(F)c(OCc4cc(F)c(F)c(F)c4)c(F)c3)c(F)c2)cc1.CCCc1ccc(-c2ccc(B(O)O)c(F)c2)cc1.Oc1c(F)cc(COc2c(F)cc(Br)cc2F)cc1F. The van der Waals surface area contributed by atoms with Crippen molar-refractivity contribution in [3.8, 4) is 50.6 Å². The smallest absolute Gasteiger partial charge is 0.491 e. The molecule has 0 saturated carbocycles. The average Bonchev–Trinajstić information content (AvgIpc) is 3.35. The molecule has 0 atom stereocenters. The summed E-state index contributed by atoms with van der Waals surface area (Å²) in [6.45, 7) is 3.15. The van der Waals surface area contributed by atoms with Crippen molar-refractivity contribution in [1.29, 1.82) is 0 Å². The van der Waals surface area contributed by atoms with Crippen LogP contribution in [0.4, 0.5) is 48.3 Å². The van der Waals surface area contributed by atoms with E-state index in [1.807, 2.05) is 48.5 Å².